The molecule has 0 radical (unpaired) electrons. The second-order valence-corrected chi connectivity index (χ2v) is 7.54. The number of fused-ring (bicyclic) bond motifs is 1. The minimum absolute atomic E-state index is 0. The van der Waals surface area contributed by atoms with Crippen LogP contribution in [0.4, 0.5) is 0 Å². The Morgan fingerprint density at radius 1 is 1.14 bits per heavy atom. The van der Waals surface area contributed by atoms with Gasteiger partial charge in [0.15, 0.2) is 5.96 Å². The highest BCUT2D eigenvalue weighted by Gasteiger charge is 2.11. The number of aromatic nitrogens is 1. The first-order valence-corrected chi connectivity index (χ1v) is 10.1. The molecule has 1 aliphatic rings. The van der Waals surface area contributed by atoms with E-state index in [9.17, 15) is 0 Å². The SMILES string of the molecule is CN=C(NCCc1c[nH]c2cc(C)ccc12)NCCN1CCCN(C)CC1.I. The highest BCUT2D eigenvalue weighted by Crippen LogP contribution is 2.19. The minimum atomic E-state index is 0. The minimum Gasteiger partial charge on any atom is -0.361 e. The van der Waals surface area contributed by atoms with Crippen molar-refractivity contribution in [3.8, 4) is 0 Å². The van der Waals surface area contributed by atoms with Crippen LogP contribution in [0.3, 0.4) is 0 Å². The van der Waals surface area contributed by atoms with Crippen molar-refractivity contribution in [2.45, 2.75) is 19.8 Å². The van der Waals surface area contributed by atoms with Gasteiger partial charge in [-0.25, -0.2) is 0 Å². The number of H-pyrrole nitrogens is 1. The summed E-state index contributed by atoms with van der Waals surface area (Å²) in [4.78, 5) is 12.7. The van der Waals surface area contributed by atoms with Crippen LogP contribution in [0.25, 0.3) is 10.9 Å². The third-order valence-electron chi connectivity index (χ3n) is 5.37. The van der Waals surface area contributed by atoms with Crippen molar-refractivity contribution in [3.05, 3.63) is 35.5 Å². The second-order valence-electron chi connectivity index (χ2n) is 7.54. The maximum atomic E-state index is 4.35. The number of aromatic amines is 1. The average molecular weight is 498 g/mol. The molecule has 2 aromatic rings. The Morgan fingerprint density at radius 2 is 1.96 bits per heavy atom. The van der Waals surface area contributed by atoms with Gasteiger partial charge >= 0.3 is 0 Å². The second kappa shape index (κ2) is 11.6. The van der Waals surface area contributed by atoms with Gasteiger partial charge in [-0.1, -0.05) is 12.1 Å². The van der Waals surface area contributed by atoms with Crippen molar-refractivity contribution in [3.63, 3.8) is 0 Å². The summed E-state index contributed by atoms with van der Waals surface area (Å²) >= 11 is 0. The van der Waals surface area contributed by atoms with Crippen LogP contribution in [0.15, 0.2) is 29.4 Å². The molecule has 1 saturated heterocycles. The molecule has 1 fully saturated rings. The summed E-state index contributed by atoms with van der Waals surface area (Å²) in [6.07, 6.45) is 4.36. The Hall–Kier alpha value is -1.32. The number of aliphatic imine (C=N–C) groups is 1. The van der Waals surface area contributed by atoms with E-state index >= 15 is 0 Å². The van der Waals surface area contributed by atoms with E-state index in [-0.39, 0.29) is 24.0 Å². The molecule has 0 spiro atoms. The zero-order chi connectivity index (χ0) is 19.1. The summed E-state index contributed by atoms with van der Waals surface area (Å²) in [5.74, 6) is 0.887. The van der Waals surface area contributed by atoms with Crippen LogP contribution >= 0.6 is 24.0 Å². The molecule has 0 amide bonds. The fourth-order valence-corrected chi connectivity index (χ4v) is 3.70. The molecular formula is C21H35IN6. The summed E-state index contributed by atoms with van der Waals surface area (Å²) in [7, 11) is 4.05. The first kappa shape index (κ1) is 23.0. The van der Waals surface area contributed by atoms with Crippen molar-refractivity contribution >= 4 is 40.8 Å². The van der Waals surface area contributed by atoms with Crippen LogP contribution in [0.2, 0.25) is 0 Å². The van der Waals surface area contributed by atoms with Gasteiger partial charge in [0.05, 0.1) is 0 Å². The van der Waals surface area contributed by atoms with Crippen LogP contribution in [-0.2, 0) is 6.42 Å². The van der Waals surface area contributed by atoms with Crippen LogP contribution in [-0.4, -0.2) is 80.7 Å². The molecule has 6 nitrogen and oxygen atoms in total. The zero-order valence-corrected chi connectivity index (χ0v) is 19.8. The van der Waals surface area contributed by atoms with Crippen molar-refractivity contribution in [2.75, 3.05) is 59.9 Å². The Kier molecular flexibility index (Phi) is 9.53. The van der Waals surface area contributed by atoms with Crippen LogP contribution in [0, 0.1) is 6.92 Å². The Balaban J connectivity index is 0.00000280. The van der Waals surface area contributed by atoms with Crippen molar-refractivity contribution < 1.29 is 0 Å². The normalized spacial score (nSPS) is 16.6. The number of guanidine groups is 1. The molecule has 2 heterocycles. The summed E-state index contributed by atoms with van der Waals surface area (Å²) in [6, 6.07) is 6.59. The first-order chi connectivity index (χ1) is 13.2. The van der Waals surface area contributed by atoms with Gasteiger partial charge in [-0.3, -0.25) is 4.99 Å². The lowest BCUT2D eigenvalue weighted by atomic mass is 10.1. The monoisotopic (exact) mass is 498 g/mol. The summed E-state index contributed by atoms with van der Waals surface area (Å²) < 4.78 is 0. The quantitative estimate of drug-likeness (QED) is 0.326. The van der Waals surface area contributed by atoms with Gasteiger partial charge in [-0.05, 0) is 57.1 Å². The topological polar surface area (TPSA) is 58.7 Å². The molecule has 0 aliphatic carbocycles. The molecule has 0 bridgehead atoms. The van der Waals surface area contributed by atoms with E-state index in [1.54, 1.807) is 0 Å². The number of hydrogen-bond donors (Lipinski definition) is 3. The summed E-state index contributed by atoms with van der Waals surface area (Å²) in [5.41, 5.74) is 3.85. The molecule has 0 unspecified atom stereocenters. The van der Waals surface area contributed by atoms with Crippen LogP contribution in [0.5, 0.6) is 0 Å². The van der Waals surface area contributed by atoms with E-state index in [1.807, 2.05) is 7.05 Å². The van der Waals surface area contributed by atoms with Gasteiger partial charge in [0.1, 0.15) is 0 Å². The van der Waals surface area contributed by atoms with Gasteiger partial charge in [0.2, 0.25) is 0 Å². The third kappa shape index (κ3) is 6.63. The molecule has 1 aromatic heterocycles. The molecule has 28 heavy (non-hydrogen) atoms. The number of aryl methyl sites for hydroxylation is 1. The number of nitrogens with one attached hydrogen (secondary N) is 3. The van der Waals surface area contributed by atoms with Crippen LogP contribution < -0.4 is 10.6 Å². The highest BCUT2D eigenvalue weighted by molar-refractivity contribution is 14.0. The molecule has 7 heteroatoms. The predicted octanol–water partition coefficient (Wildman–Crippen LogP) is 2.44. The maximum Gasteiger partial charge on any atom is 0.191 e. The average Bonchev–Trinajstić information content (AvgIpc) is 2.93. The van der Waals surface area contributed by atoms with Gasteiger partial charge in [0.25, 0.3) is 0 Å². The molecule has 156 valence electrons. The lowest BCUT2D eigenvalue weighted by Gasteiger charge is -2.21. The third-order valence-corrected chi connectivity index (χ3v) is 5.37. The molecular weight excluding hydrogens is 463 g/mol. The van der Waals surface area contributed by atoms with E-state index < -0.39 is 0 Å². The van der Waals surface area contributed by atoms with Gasteiger partial charge in [-0.2, -0.15) is 0 Å². The highest BCUT2D eigenvalue weighted by atomic mass is 127. The number of nitrogens with zero attached hydrogens (tertiary/aromatic N) is 3. The Morgan fingerprint density at radius 3 is 2.79 bits per heavy atom. The Labute approximate surface area is 186 Å². The van der Waals surface area contributed by atoms with E-state index in [1.165, 1.54) is 41.5 Å². The zero-order valence-electron chi connectivity index (χ0n) is 17.4. The Bertz CT molecular complexity index is 756. The summed E-state index contributed by atoms with van der Waals surface area (Å²) in [5, 5.41) is 8.20. The van der Waals surface area contributed by atoms with Gasteiger partial charge in [-0.15, -0.1) is 24.0 Å². The van der Waals surface area contributed by atoms with Gasteiger partial charge < -0.3 is 25.4 Å². The molecule has 0 saturated carbocycles. The molecule has 1 aromatic carbocycles. The molecule has 1 aliphatic heterocycles. The van der Waals surface area contributed by atoms with E-state index in [0.717, 1.165) is 45.1 Å². The standard InChI is InChI=1S/C21H34N6.HI/c1-17-5-6-19-18(16-25-20(19)15-17)7-8-23-21(22-2)24-9-12-27-11-4-10-26(3)13-14-27;/h5-6,15-16,25H,4,7-14H2,1-3H3,(H2,22,23,24);1H. The first-order valence-electron chi connectivity index (χ1n) is 10.1. The number of benzene rings is 1. The van der Waals surface area contributed by atoms with Crippen molar-refractivity contribution in [1.29, 1.82) is 0 Å². The summed E-state index contributed by atoms with van der Waals surface area (Å²) in [6.45, 7) is 9.71. The molecule has 3 N–H and O–H groups in total. The largest absolute Gasteiger partial charge is 0.361 e. The van der Waals surface area contributed by atoms with E-state index in [0.29, 0.717) is 0 Å². The van der Waals surface area contributed by atoms with E-state index in [2.05, 4.69) is 68.8 Å². The maximum absolute atomic E-state index is 4.35. The lowest BCUT2D eigenvalue weighted by Crippen LogP contribution is -2.42. The van der Waals surface area contributed by atoms with Crippen molar-refractivity contribution in [2.24, 2.45) is 4.99 Å². The lowest BCUT2D eigenvalue weighted by molar-refractivity contribution is 0.280. The van der Waals surface area contributed by atoms with Gasteiger partial charge in [0, 0.05) is 56.9 Å². The smallest absolute Gasteiger partial charge is 0.191 e. The van der Waals surface area contributed by atoms with Crippen LogP contribution in [0.1, 0.15) is 17.5 Å². The fourth-order valence-electron chi connectivity index (χ4n) is 3.70. The molecule has 3 rings (SSSR count). The van der Waals surface area contributed by atoms with Crippen molar-refractivity contribution in [1.82, 2.24) is 25.4 Å². The number of halogens is 1. The fraction of sp³-hybridized carbons (Fsp3) is 0.571. The predicted molar refractivity (Wildman–Crippen MR) is 130 cm³/mol. The van der Waals surface area contributed by atoms with E-state index in [4.69, 9.17) is 0 Å². The molecule has 0 atom stereocenters. The number of hydrogen-bond acceptors (Lipinski definition) is 3. The number of likely N-dealkylation sites (N-methyl/N-ethyl adjacent to an activating group) is 1. The number of rotatable bonds is 6.